The van der Waals surface area contributed by atoms with Crippen LogP contribution in [0.25, 0.3) is 0 Å². The van der Waals surface area contributed by atoms with E-state index in [0.29, 0.717) is 17.2 Å². The lowest BCUT2D eigenvalue weighted by atomic mass is 10.2. The normalized spacial score (nSPS) is 11.2. The van der Waals surface area contributed by atoms with E-state index in [1.165, 1.54) is 0 Å². The summed E-state index contributed by atoms with van der Waals surface area (Å²) in [4.78, 5) is 4.44. The lowest BCUT2D eigenvalue weighted by Gasteiger charge is -2.06. The molecule has 0 aromatic carbocycles. The van der Waals surface area contributed by atoms with Crippen molar-refractivity contribution in [2.75, 3.05) is 0 Å². The van der Waals surface area contributed by atoms with E-state index in [1.807, 2.05) is 11.5 Å². The van der Waals surface area contributed by atoms with Crippen molar-refractivity contribution in [1.82, 2.24) is 19.7 Å². The molecule has 0 fully saturated rings. The summed E-state index contributed by atoms with van der Waals surface area (Å²) in [5.74, 6) is 1.34. The van der Waals surface area contributed by atoms with Gasteiger partial charge < -0.3 is 0 Å². The molecule has 0 amide bonds. The van der Waals surface area contributed by atoms with Gasteiger partial charge in [-0.3, -0.25) is 9.67 Å². The fraction of sp³-hybridized carbons (Fsp3) is 0.500. The van der Waals surface area contributed by atoms with Crippen LogP contribution in [0.4, 0.5) is 0 Å². The zero-order chi connectivity index (χ0) is 11.7. The van der Waals surface area contributed by atoms with Crippen LogP contribution in [-0.2, 0) is 6.54 Å². The Labute approximate surface area is 103 Å². The van der Waals surface area contributed by atoms with Crippen molar-refractivity contribution in [2.24, 2.45) is 0 Å². The fourth-order valence-corrected chi connectivity index (χ4v) is 2.37. The van der Waals surface area contributed by atoms with E-state index in [1.54, 1.807) is 11.3 Å². The number of rotatable bonds is 3. The number of aromatic nitrogens is 4. The van der Waals surface area contributed by atoms with Crippen molar-refractivity contribution in [3.8, 4) is 0 Å². The predicted octanol–water partition coefficient (Wildman–Crippen LogP) is 2.88. The summed E-state index contributed by atoms with van der Waals surface area (Å²) in [6.45, 7) is 6.92. The average molecular weight is 254 g/mol. The number of aryl methyl sites for hydroxylation is 1. The van der Waals surface area contributed by atoms with Crippen LogP contribution >= 0.6 is 23.6 Å². The number of H-pyrrole nitrogens is 1. The molecular weight excluding hydrogens is 240 g/mol. The molecule has 2 aromatic heterocycles. The quantitative estimate of drug-likeness (QED) is 0.857. The van der Waals surface area contributed by atoms with E-state index in [4.69, 9.17) is 12.2 Å². The van der Waals surface area contributed by atoms with Gasteiger partial charge >= 0.3 is 0 Å². The first kappa shape index (κ1) is 11.5. The number of nitrogens with one attached hydrogen (secondary N) is 1. The van der Waals surface area contributed by atoms with Crippen LogP contribution in [0, 0.1) is 11.7 Å². The zero-order valence-corrected chi connectivity index (χ0v) is 11.2. The molecule has 0 spiro atoms. The van der Waals surface area contributed by atoms with Crippen molar-refractivity contribution in [1.29, 1.82) is 0 Å². The van der Waals surface area contributed by atoms with Gasteiger partial charge in [-0.05, 0) is 19.1 Å². The molecule has 86 valence electrons. The van der Waals surface area contributed by atoms with E-state index >= 15 is 0 Å². The maximum atomic E-state index is 5.22. The minimum atomic E-state index is 0.354. The molecule has 1 N–H and O–H groups in total. The van der Waals surface area contributed by atoms with E-state index in [0.717, 1.165) is 16.5 Å². The molecule has 2 rings (SSSR count). The second-order valence-electron chi connectivity index (χ2n) is 3.99. The van der Waals surface area contributed by atoms with Crippen LogP contribution in [0.5, 0.6) is 0 Å². The molecule has 6 heteroatoms. The Hall–Kier alpha value is -1.01. The first-order valence-electron chi connectivity index (χ1n) is 5.14. The standard InChI is InChI=1S/C10H14N4S2/c1-6(2)9-12-13-10(15)14(9)4-8-5-16-7(3)11-8/h5-6H,4H2,1-3H3,(H,13,15). The minimum absolute atomic E-state index is 0.354. The summed E-state index contributed by atoms with van der Waals surface area (Å²) in [5, 5.41) is 10.2. The third-order valence-electron chi connectivity index (χ3n) is 2.29. The molecule has 16 heavy (non-hydrogen) atoms. The summed E-state index contributed by atoms with van der Waals surface area (Å²) < 4.78 is 2.67. The van der Waals surface area contributed by atoms with Crippen molar-refractivity contribution < 1.29 is 0 Å². The Morgan fingerprint density at radius 1 is 1.56 bits per heavy atom. The summed E-state index contributed by atoms with van der Waals surface area (Å²) in [5.41, 5.74) is 1.04. The van der Waals surface area contributed by atoms with Gasteiger partial charge in [0.1, 0.15) is 5.82 Å². The lowest BCUT2D eigenvalue weighted by molar-refractivity contribution is 0.657. The smallest absolute Gasteiger partial charge is 0.195 e. The first-order chi connectivity index (χ1) is 7.58. The van der Waals surface area contributed by atoms with Crippen LogP contribution in [0.15, 0.2) is 5.38 Å². The predicted molar refractivity (Wildman–Crippen MR) is 67.5 cm³/mol. The van der Waals surface area contributed by atoms with E-state index in [-0.39, 0.29) is 0 Å². The maximum absolute atomic E-state index is 5.22. The molecule has 4 nitrogen and oxygen atoms in total. The van der Waals surface area contributed by atoms with E-state index in [2.05, 4.69) is 34.4 Å². The molecule has 0 bridgehead atoms. The summed E-state index contributed by atoms with van der Waals surface area (Å²) in [6.07, 6.45) is 0. The third kappa shape index (κ3) is 2.22. The van der Waals surface area contributed by atoms with Crippen LogP contribution in [0.3, 0.4) is 0 Å². The number of thiazole rings is 1. The SMILES string of the molecule is Cc1nc(Cn2c(C(C)C)n[nH]c2=S)cs1. The molecule has 0 unspecified atom stereocenters. The lowest BCUT2D eigenvalue weighted by Crippen LogP contribution is -2.07. The number of nitrogens with zero attached hydrogens (tertiary/aromatic N) is 3. The Balaban J connectivity index is 2.33. The minimum Gasteiger partial charge on any atom is -0.298 e. The molecule has 0 aliphatic carbocycles. The van der Waals surface area contributed by atoms with Gasteiger partial charge in [-0.15, -0.1) is 11.3 Å². The van der Waals surface area contributed by atoms with Gasteiger partial charge in [0.25, 0.3) is 0 Å². The average Bonchev–Trinajstić information content (AvgIpc) is 2.76. The molecule has 0 aliphatic rings. The van der Waals surface area contributed by atoms with Crippen LogP contribution in [0.2, 0.25) is 0 Å². The Morgan fingerprint density at radius 2 is 2.31 bits per heavy atom. The zero-order valence-electron chi connectivity index (χ0n) is 9.52. The highest BCUT2D eigenvalue weighted by Crippen LogP contribution is 2.15. The van der Waals surface area contributed by atoms with Gasteiger partial charge in [0, 0.05) is 11.3 Å². The molecular formula is C10H14N4S2. The highest BCUT2D eigenvalue weighted by atomic mass is 32.1. The summed E-state index contributed by atoms with van der Waals surface area (Å²) >= 11 is 6.88. The monoisotopic (exact) mass is 254 g/mol. The van der Waals surface area contributed by atoms with Gasteiger partial charge in [-0.25, -0.2) is 4.98 Å². The highest BCUT2D eigenvalue weighted by molar-refractivity contribution is 7.71. The van der Waals surface area contributed by atoms with Crippen LogP contribution in [-0.4, -0.2) is 19.7 Å². The van der Waals surface area contributed by atoms with Crippen LogP contribution < -0.4 is 0 Å². The molecule has 0 saturated carbocycles. The number of aromatic amines is 1. The first-order valence-corrected chi connectivity index (χ1v) is 6.43. The molecule has 0 aliphatic heterocycles. The van der Waals surface area contributed by atoms with Crippen molar-refractivity contribution in [2.45, 2.75) is 33.2 Å². The molecule has 0 saturated heterocycles. The molecule has 2 heterocycles. The van der Waals surface area contributed by atoms with E-state index in [9.17, 15) is 0 Å². The third-order valence-corrected chi connectivity index (χ3v) is 3.42. The van der Waals surface area contributed by atoms with Gasteiger partial charge in [-0.2, -0.15) is 5.10 Å². The molecule has 2 aromatic rings. The largest absolute Gasteiger partial charge is 0.298 e. The van der Waals surface area contributed by atoms with Crippen molar-refractivity contribution in [3.63, 3.8) is 0 Å². The topological polar surface area (TPSA) is 46.5 Å². The van der Waals surface area contributed by atoms with Crippen molar-refractivity contribution in [3.05, 3.63) is 26.7 Å². The summed E-state index contributed by atoms with van der Waals surface area (Å²) in [7, 11) is 0. The van der Waals surface area contributed by atoms with Crippen molar-refractivity contribution >= 4 is 23.6 Å². The maximum Gasteiger partial charge on any atom is 0.195 e. The van der Waals surface area contributed by atoms with Gasteiger partial charge in [0.15, 0.2) is 4.77 Å². The second-order valence-corrected chi connectivity index (χ2v) is 5.43. The molecule has 0 radical (unpaired) electrons. The second kappa shape index (κ2) is 4.47. The van der Waals surface area contributed by atoms with Crippen LogP contribution in [0.1, 0.15) is 36.3 Å². The van der Waals surface area contributed by atoms with Gasteiger partial charge in [-0.1, -0.05) is 13.8 Å². The van der Waals surface area contributed by atoms with Gasteiger partial charge in [0.2, 0.25) is 0 Å². The summed E-state index contributed by atoms with van der Waals surface area (Å²) in [6, 6.07) is 0. The highest BCUT2D eigenvalue weighted by Gasteiger charge is 2.11. The molecule has 0 atom stereocenters. The van der Waals surface area contributed by atoms with Gasteiger partial charge in [0.05, 0.1) is 17.2 Å². The van der Waals surface area contributed by atoms with E-state index < -0.39 is 0 Å². The Bertz CT molecular complexity index is 535. The number of hydrogen-bond donors (Lipinski definition) is 1. The Kier molecular flexibility index (Phi) is 3.20. The Morgan fingerprint density at radius 3 is 2.88 bits per heavy atom. The number of hydrogen-bond acceptors (Lipinski definition) is 4. The fourth-order valence-electron chi connectivity index (χ4n) is 1.57.